The molecule has 0 fully saturated rings. The largest absolute Gasteiger partial charge is 0.494 e. The minimum absolute atomic E-state index is 0.203. The van der Waals surface area contributed by atoms with E-state index in [0.717, 1.165) is 16.3 Å². The Kier molecular flexibility index (Phi) is 7.87. The van der Waals surface area contributed by atoms with Crippen molar-refractivity contribution in [3.63, 3.8) is 0 Å². The predicted octanol–water partition coefficient (Wildman–Crippen LogP) is 7.73. The number of carbonyl (C=O) groups excluding carboxylic acids is 1. The molecule has 1 atom stereocenters. The standard InChI is InChI=1S/C36H32N4O3/c1-3-43-29-22-20-28(21-23-29)40-34(37-33-18-10-9-17-31(33)35(40)41)25(2)39(24-26-12-5-4-6-13-26)36(42)38-32-19-11-15-27-14-7-8-16-30(27)32/h4-23,25H,3,24H2,1-2H3,(H,38,42). The Labute approximate surface area is 250 Å². The van der Waals surface area contributed by atoms with Crippen molar-refractivity contribution in [2.75, 3.05) is 11.9 Å². The molecule has 0 saturated carbocycles. The smallest absolute Gasteiger partial charge is 0.322 e. The number of nitrogens with one attached hydrogen (secondary N) is 1. The van der Waals surface area contributed by atoms with Crippen molar-refractivity contribution >= 4 is 33.4 Å². The van der Waals surface area contributed by atoms with Gasteiger partial charge in [-0.05, 0) is 67.3 Å². The number of anilines is 1. The Balaban J connectivity index is 1.47. The van der Waals surface area contributed by atoms with Crippen LogP contribution in [0.5, 0.6) is 5.75 Å². The van der Waals surface area contributed by atoms with Crippen LogP contribution in [0, 0.1) is 0 Å². The quantitative estimate of drug-likeness (QED) is 0.204. The molecule has 5 aromatic carbocycles. The lowest BCUT2D eigenvalue weighted by atomic mass is 10.1. The fraction of sp³-hybridized carbons (Fsp3) is 0.139. The van der Waals surface area contributed by atoms with Crippen LogP contribution in [0.1, 0.15) is 31.3 Å². The molecule has 214 valence electrons. The average Bonchev–Trinajstić information content (AvgIpc) is 3.04. The number of carbonyl (C=O) groups is 1. The number of para-hydroxylation sites is 1. The Morgan fingerprint density at radius 2 is 1.51 bits per heavy atom. The van der Waals surface area contributed by atoms with Crippen molar-refractivity contribution in [3.05, 3.63) is 143 Å². The second kappa shape index (κ2) is 12.2. The molecule has 43 heavy (non-hydrogen) atoms. The molecular weight excluding hydrogens is 536 g/mol. The minimum Gasteiger partial charge on any atom is -0.494 e. The van der Waals surface area contributed by atoms with E-state index in [1.807, 2.05) is 129 Å². The lowest BCUT2D eigenvalue weighted by Gasteiger charge is -2.31. The summed E-state index contributed by atoms with van der Waals surface area (Å²) in [5.74, 6) is 1.17. The fourth-order valence-corrected chi connectivity index (χ4v) is 5.36. The van der Waals surface area contributed by atoms with Gasteiger partial charge in [0.2, 0.25) is 0 Å². The lowest BCUT2D eigenvalue weighted by Crippen LogP contribution is -2.39. The number of hydrogen-bond acceptors (Lipinski definition) is 4. The van der Waals surface area contributed by atoms with Gasteiger partial charge in [0.1, 0.15) is 11.6 Å². The highest BCUT2D eigenvalue weighted by Crippen LogP contribution is 2.28. The van der Waals surface area contributed by atoms with Crippen molar-refractivity contribution in [1.29, 1.82) is 0 Å². The summed E-state index contributed by atoms with van der Waals surface area (Å²) in [6.45, 7) is 4.69. The zero-order valence-corrected chi connectivity index (χ0v) is 24.1. The first-order valence-corrected chi connectivity index (χ1v) is 14.4. The maximum atomic E-state index is 14.2. The zero-order chi connectivity index (χ0) is 29.8. The number of rotatable bonds is 8. The molecule has 7 heteroatoms. The van der Waals surface area contributed by atoms with Crippen molar-refractivity contribution in [2.45, 2.75) is 26.4 Å². The van der Waals surface area contributed by atoms with Crippen LogP contribution >= 0.6 is 0 Å². The van der Waals surface area contributed by atoms with Gasteiger partial charge in [0.25, 0.3) is 5.56 Å². The number of hydrogen-bond donors (Lipinski definition) is 1. The second-order valence-corrected chi connectivity index (χ2v) is 10.3. The molecular formula is C36H32N4O3. The van der Waals surface area contributed by atoms with Gasteiger partial charge in [0.05, 0.1) is 34.9 Å². The number of amides is 2. The third-order valence-corrected chi connectivity index (χ3v) is 7.54. The first kappa shape index (κ1) is 27.7. The molecule has 0 saturated heterocycles. The first-order valence-electron chi connectivity index (χ1n) is 14.4. The molecule has 0 aliphatic carbocycles. The molecule has 1 unspecified atom stereocenters. The number of aromatic nitrogens is 2. The molecule has 6 rings (SSSR count). The highest BCUT2D eigenvalue weighted by Gasteiger charge is 2.28. The van der Waals surface area contributed by atoms with Crippen LogP contribution < -0.4 is 15.6 Å². The number of nitrogens with zero attached hydrogens (tertiary/aromatic N) is 3. The summed E-state index contributed by atoms with van der Waals surface area (Å²) >= 11 is 0. The molecule has 0 aliphatic rings. The van der Waals surface area contributed by atoms with E-state index in [1.54, 1.807) is 15.5 Å². The normalized spacial score (nSPS) is 11.8. The molecule has 0 bridgehead atoms. The van der Waals surface area contributed by atoms with Gasteiger partial charge >= 0.3 is 6.03 Å². The van der Waals surface area contributed by atoms with Crippen molar-refractivity contribution in [1.82, 2.24) is 14.5 Å². The van der Waals surface area contributed by atoms with Gasteiger partial charge in [-0.3, -0.25) is 9.36 Å². The monoisotopic (exact) mass is 568 g/mol. The molecule has 2 amide bonds. The van der Waals surface area contributed by atoms with Gasteiger partial charge in [-0.25, -0.2) is 9.78 Å². The topological polar surface area (TPSA) is 76.5 Å². The molecule has 1 N–H and O–H groups in total. The number of urea groups is 1. The highest BCUT2D eigenvalue weighted by atomic mass is 16.5. The number of ether oxygens (including phenoxy) is 1. The Bertz CT molecular complexity index is 1950. The van der Waals surface area contributed by atoms with E-state index < -0.39 is 6.04 Å². The van der Waals surface area contributed by atoms with Crippen LogP contribution in [0.2, 0.25) is 0 Å². The van der Waals surface area contributed by atoms with Crippen molar-refractivity contribution in [3.8, 4) is 11.4 Å². The van der Waals surface area contributed by atoms with E-state index in [9.17, 15) is 9.59 Å². The van der Waals surface area contributed by atoms with Crippen LogP contribution in [0.3, 0.4) is 0 Å². The molecule has 7 nitrogen and oxygen atoms in total. The average molecular weight is 569 g/mol. The van der Waals surface area contributed by atoms with E-state index in [0.29, 0.717) is 47.0 Å². The van der Waals surface area contributed by atoms with E-state index >= 15 is 0 Å². The molecule has 0 aliphatic heterocycles. The van der Waals surface area contributed by atoms with Crippen LogP contribution in [0.4, 0.5) is 10.5 Å². The van der Waals surface area contributed by atoms with E-state index in [-0.39, 0.29) is 11.6 Å². The highest BCUT2D eigenvalue weighted by molar-refractivity contribution is 6.01. The third-order valence-electron chi connectivity index (χ3n) is 7.54. The lowest BCUT2D eigenvalue weighted by molar-refractivity contribution is 0.185. The summed E-state index contributed by atoms with van der Waals surface area (Å²) in [7, 11) is 0. The summed E-state index contributed by atoms with van der Waals surface area (Å²) in [6.07, 6.45) is 0. The SMILES string of the molecule is CCOc1ccc(-n2c(C(C)N(Cc3ccccc3)C(=O)Nc3cccc4ccccc34)nc3ccccc3c2=O)cc1. The van der Waals surface area contributed by atoms with Crippen LogP contribution in [-0.2, 0) is 6.54 Å². The van der Waals surface area contributed by atoms with Crippen LogP contribution in [0.15, 0.2) is 126 Å². The second-order valence-electron chi connectivity index (χ2n) is 10.3. The Hall–Kier alpha value is -5.43. The fourth-order valence-electron chi connectivity index (χ4n) is 5.36. The maximum absolute atomic E-state index is 14.2. The van der Waals surface area contributed by atoms with Gasteiger partial charge in [-0.2, -0.15) is 0 Å². The summed E-state index contributed by atoms with van der Waals surface area (Å²) in [4.78, 5) is 34.9. The molecule has 0 spiro atoms. The molecule has 1 heterocycles. The Morgan fingerprint density at radius 3 is 2.28 bits per heavy atom. The van der Waals surface area contributed by atoms with Gasteiger partial charge < -0.3 is 15.0 Å². The Morgan fingerprint density at radius 1 is 0.837 bits per heavy atom. The van der Waals surface area contributed by atoms with Crippen molar-refractivity contribution < 1.29 is 9.53 Å². The summed E-state index contributed by atoms with van der Waals surface area (Å²) in [5, 5.41) is 5.62. The molecule has 6 aromatic rings. The zero-order valence-electron chi connectivity index (χ0n) is 24.1. The van der Waals surface area contributed by atoms with E-state index in [1.165, 1.54) is 0 Å². The minimum atomic E-state index is -0.584. The maximum Gasteiger partial charge on any atom is 0.322 e. The molecule has 1 aromatic heterocycles. The van der Waals surface area contributed by atoms with Crippen LogP contribution in [0.25, 0.3) is 27.4 Å². The van der Waals surface area contributed by atoms with Gasteiger partial charge in [-0.1, -0.05) is 78.9 Å². The predicted molar refractivity (Wildman–Crippen MR) is 172 cm³/mol. The van der Waals surface area contributed by atoms with Gasteiger partial charge in [0.15, 0.2) is 0 Å². The number of benzene rings is 5. The summed E-state index contributed by atoms with van der Waals surface area (Å²) < 4.78 is 7.24. The van der Waals surface area contributed by atoms with E-state index in [4.69, 9.17) is 9.72 Å². The number of fused-ring (bicyclic) bond motifs is 2. The van der Waals surface area contributed by atoms with Gasteiger partial charge in [0, 0.05) is 11.9 Å². The first-order chi connectivity index (χ1) is 21.0. The van der Waals surface area contributed by atoms with Crippen molar-refractivity contribution in [2.24, 2.45) is 0 Å². The van der Waals surface area contributed by atoms with E-state index in [2.05, 4.69) is 5.32 Å². The third kappa shape index (κ3) is 5.70. The summed E-state index contributed by atoms with van der Waals surface area (Å²) in [5.41, 5.74) is 2.68. The van der Waals surface area contributed by atoms with Crippen LogP contribution in [-0.4, -0.2) is 27.1 Å². The molecule has 0 radical (unpaired) electrons. The van der Waals surface area contributed by atoms with Gasteiger partial charge in [-0.15, -0.1) is 0 Å². The summed E-state index contributed by atoms with van der Waals surface area (Å²) in [6, 6.07) is 37.4.